The van der Waals surface area contributed by atoms with Crippen molar-refractivity contribution in [3.8, 4) is 17.5 Å². The molecule has 1 aliphatic rings. The molecule has 1 saturated carbocycles. The molecule has 2 heterocycles. The van der Waals surface area contributed by atoms with Crippen LogP contribution in [0.15, 0.2) is 50.7 Å². The lowest BCUT2D eigenvalue weighted by Gasteiger charge is -2.08. The Morgan fingerprint density at radius 1 is 1.27 bits per heavy atom. The summed E-state index contributed by atoms with van der Waals surface area (Å²) in [7, 11) is 0. The predicted molar refractivity (Wildman–Crippen MR) is 94.0 cm³/mol. The van der Waals surface area contributed by atoms with E-state index in [2.05, 4.69) is 4.98 Å². The minimum absolute atomic E-state index is 0.0575. The minimum atomic E-state index is -0.620. The lowest BCUT2D eigenvalue weighted by molar-refractivity contribution is 0.563. The van der Waals surface area contributed by atoms with Crippen LogP contribution in [0.25, 0.3) is 11.5 Å². The number of rotatable bonds is 4. The molecule has 0 unspecified atom stereocenters. The second-order valence-corrected chi connectivity index (χ2v) is 6.55. The van der Waals surface area contributed by atoms with Crippen LogP contribution in [-0.4, -0.2) is 14.1 Å². The molecule has 0 radical (unpaired) electrons. The molecule has 8 heteroatoms. The Morgan fingerprint density at radius 3 is 2.65 bits per heavy atom. The molecule has 1 aliphatic carbocycles. The summed E-state index contributed by atoms with van der Waals surface area (Å²) in [5, 5.41) is 9.78. The van der Waals surface area contributed by atoms with Crippen LogP contribution in [0.3, 0.4) is 0 Å². The van der Waals surface area contributed by atoms with Gasteiger partial charge in [0.05, 0.1) is 12.2 Å². The number of hydrogen-bond donors (Lipinski definition) is 0. The number of hydrogen-bond acceptors (Lipinski definition) is 5. The second-order valence-electron chi connectivity index (χ2n) is 6.12. The summed E-state index contributed by atoms with van der Waals surface area (Å²) in [6.07, 6.45) is 4.48. The van der Waals surface area contributed by atoms with Crippen LogP contribution in [-0.2, 0) is 6.54 Å². The molecule has 0 bridgehead atoms. The predicted octanol–water partition coefficient (Wildman–Crippen LogP) is 2.57. The quantitative estimate of drug-likeness (QED) is 0.705. The average molecular weight is 369 g/mol. The molecule has 0 N–H and O–H groups in total. The van der Waals surface area contributed by atoms with E-state index in [4.69, 9.17) is 16.0 Å². The Bertz CT molecular complexity index is 1130. The molecule has 7 nitrogen and oxygen atoms in total. The highest BCUT2D eigenvalue weighted by Gasteiger charge is 2.27. The first-order chi connectivity index (χ1) is 12.6. The van der Waals surface area contributed by atoms with Gasteiger partial charge in [-0.25, -0.2) is 9.78 Å². The zero-order valence-electron chi connectivity index (χ0n) is 13.6. The number of halogens is 1. The lowest BCUT2D eigenvalue weighted by atomic mass is 10.2. The third kappa shape index (κ3) is 2.95. The van der Waals surface area contributed by atoms with Crippen molar-refractivity contribution in [2.75, 3.05) is 0 Å². The van der Waals surface area contributed by atoms with E-state index in [0.29, 0.717) is 16.6 Å². The number of aromatic nitrogens is 3. The van der Waals surface area contributed by atoms with Gasteiger partial charge in [-0.2, -0.15) is 5.26 Å². The van der Waals surface area contributed by atoms with Crippen molar-refractivity contribution in [2.24, 2.45) is 0 Å². The average Bonchev–Trinajstić information content (AvgIpc) is 3.37. The molecular formula is C18H13ClN4O3. The molecule has 130 valence electrons. The molecule has 4 rings (SSSR count). The molecule has 0 spiro atoms. The number of benzene rings is 1. The van der Waals surface area contributed by atoms with Crippen LogP contribution in [0.5, 0.6) is 0 Å². The summed E-state index contributed by atoms with van der Waals surface area (Å²) < 4.78 is 7.93. The number of nitriles is 1. The highest BCUT2D eigenvalue weighted by atomic mass is 35.5. The molecule has 0 saturated heterocycles. The third-order valence-electron chi connectivity index (χ3n) is 4.22. The largest absolute Gasteiger partial charge is 0.444 e. The van der Waals surface area contributed by atoms with Crippen molar-refractivity contribution in [3.05, 3.63) is 73.8 Å². The first-order valence-electron chi connectivity index (χ1n) is 8.03. The first-order valence-corrected chi connectivity index (χ1v) is 8.41. The normalized spacial score (nSPS) is 13.5. The maximum Gasteiger partial charge on any atom is 0.331 e. The topological polar surface area (TPSA) is 93.8 Å². The molecule has 0 amide bonds. The zero-order valence-corrected chi connectivity index (χ0v) is 14.3. The van der Waals surface area contributed by atoms with E-state index >= 15 is 0 Å². The van der Waals surface area contributed by atoms with Crippen molar-refractivity contribution in [3.63, 3.8) is 0 Å². The Morgan fingerprint density at radius 2 is 2.00 bits per heavy atom. The first kappa shape index (κ1) is 16.4. The van der Waals surface area contributed by atoms with E-state index in [1.807, 2.05) is 6.07 Å². The van der Waals surface area contributed by atoms with Crippen molar-refractivity contribution in [2.45, 2.75) is 25.4 Å². The number of oxazole rings is 1. The third-order valence-corrected chi connectivity index (χ3v) is 4.47. The monoisotopic (exact) mass is 368 g/mol. The molecular weight excluding hydrogens is 356 g/mol. The standard InChI is InChI=1S/C18H13ClN4O3/c19-13-3-1-11(2-4-13)16-21-14(10-26-16)9-23-17(24)12(7-20)8-22(18(23)25)15-5-6-15/h1-4,8,10,15H,5-6,9H2. The summed E-state index contributed by atoms with van der Waals surface area (Å²) in [4.78, 5) is 29.3. The molecule has 0 aliphatic heterocycles. The molecule has 0 atom stereocenters. The van der Waals surface area contributed by atoms with E-state index in [0.717, 1.165) is 23.0 Å². The summed E-state index contributed by atoms with van der Waals surface area (Å²) in [6, 6.07) is 8.88. The number of nitrogens with zero attached hydrogens (tertiary/aromatic N) is 4. The molecule has 1 aromatic carbocycles. The van der Waals surface area contributed by atoms with Gasteiger partial charge in [-0.05, 0) is 37.1 Å². The van der Waals surface area contributed by atoms with Gasteiger partial charge in [0.1, 0.15) is 17.9 Å². The summed E-state index contributed by atoms with van der Waals surface area (Å²) in [5.74, 6) is 0.365. The Hall–Kier alpha value is -3.11. The van der Waals surface area contributed by atoms with E-state index in [1.165, 1.54) is 17.0 Å². The smallest absolute Gasteiger partial charge is 0.331 e. The van der Waals surface area contributed by atoms with Crippen LogP contribution >= 0.6 is 11.6 Å². The summed E-state index contributed by atoms with van der Waals surface area (Å²) in [6.45, 7) is -0.0585. The zero-order chi connectivity index (χ0) is 18.3. The summed E-state index contributed by atoms with van der Waals surface area (Å²) in [5.41, 5.74) is 0.0386. The van der Waals surface area contributed by atoms with Gasteiger partial charge < -0.3 is 4.42 Å². The van der Waals surface area contributed by atoms with E-state index in [9.17, 15) is 14.9 Å². The minimum Gasteiger partial charge on any atom is -0.444 e. The van der Waals surface area contributed by atoms with Crippen LogP contribution < -0.4 is 11.2 Å². The van der Waals surface area contributed by atoms with E-state index in [-0.39, 0.29) is 18.2 Å². The van der Waals surface area contributed by atoms with Gasteiger partial charge in [0.15, 0.2) is 0 Å². The van der Waals surface area contributed by atoms with Crippen LogP contribution in [0.2, 0.25) is 5.02 Å². The van der Waals surface area contributed by atoms with Gasteiger partial charge in [0, 0.05) is 22.8 Å². The second kappa shape index (κ2) is 6.32. The van der Waals surface area contributed by atoms with Gasteiger partial charge in [0.2, 0.25) is 5.89 Å². The van der Waals surface area contributed by atoms with Gasteiger partial charge >= 0.3 is 5.69 Å². The van der Waals surface area contributed by atoms with Crippen molar-refractivity contribution >= 4 is 11.6 Å². The van der Waals surface area contributed by atoms with E-state index in [1.54, 1.807) is 24.3 Å². The maximum absolute atomic E-state index is 12.6. The van der Waals surface area contributed by atoms with Crippen LogP contribution in [0.1, 0.15) is 30.1 Å². The highest BCUT2D eigenvalue weighted by Crippen LogP contribution is 2.33. The van der Waals surface area contributed by atoms with Crippen LogP contribution in [0, 0.1) is 11.3 Å². The Labute approximate surface area is 152 Å². The lowest BCUT2D eigenvalue weighted by Crippen LogP contribution is -2.41. The van der Waals surface area contributed by atoms with Gasteiger partial charge in [-0.3, -0.25) is 13.9 Å². The highest BCUT2D eigenvalue weighted by molar-refractivity contribution is 6.30. The molecule has 2 aromatic heterocycles. The van der Waals surface area contributed by atoms with E-state index < -0.39 is 11.2 Å². The SMILES string of the molecule is N#Cc1cn(C2CC2)c(=O)n(Cc2coc(-c3ccc(Cl)cc3)n2)c1=O. The summed E-state index contributed by atoms with van der Waals surface area (Å²) >= 11 is 5.87. The fraction of sp³-hybridized carbons (Fsp3) is 0.222. The van der Waals surface area contributed by atoms with Gasteiger partial charge in [-0.1, -0.05) is 11.6 Å². The Kier molecular flexibility index (Phi) is 3.98. The van der Waals surface area contributed by atoms with Crippen LogP contribution in [0.4, 0.5) is 0 Å². The Balaban J connectivity index is 1.71. The van der Waals surface area contributed by atoms with Crippen molar-refractivity contribution < 1.29 is 4.42 Å². The van der Waals surface area contributed by atoms with Gasteiger partial charge in [0.25, 0.3) is 5.56 Å². The van der Waals surface area contributed by atoms with Crippen molar-refractivity contribution in [1.82, 2.24) is 14.1 Å². The van der Waals surface area contributed by atoms with Gasteiger partial charge in [-0.15, -0.1) is 0 Å². The fourth-order valence-electron chi connectivity index (χ4n) is 2.72. The maximum atomic E-state index is 12.6. The fourth-order valence-corrected chi connectivity index (χ4v) is 2.84. The molecule has 3 aromatic rings. The molecule has 1 fully saturated rings. The van der Waals surface area contributed by atoms with Crippen molar-refractivity contribution in [1.29, 1.82) is 5.26 Å². The molecule has 26 heavy (non-hydrogen) atoms.